The average Bonchev–Trinajstić information content (AvgIpc) is 3.24. The molecule has 188 valence electrons. The number of aryl methyl sites for hydroxylation is 2. The summed E-state index contributed by atoms with van der Waals surface area (Å²) >= 11 is 0. The molecule has 36 heavy (non-hydrogen) atoms. The van der Waals surface area contributed by atoms with Crippen LogP contribution in [0.25, 0.3) is 11.0 Å². The highest BCUT2D eigenvalue weighted by Crippen LogP contribution is 2.20. The molecule has 0 fully saturated rings. The highest BCUT2D eigenvalue weighted by atomic mass is 19.1. The molecule has 0 bridgehead atoms. The molecule has 4 aromatic rings. The summed E-state index contributed by atoms with van der Waals surface area (Å²) < 4.78 is 21.3. The van der Waals surface area contributed by atoms with Crippen molar-refractivity contribution >= 4 is 16.9 Å². The van der Waals surface area contributed by atoms with Gasteiger partial charge < -0.3 is 14.6 Å². The minimum atomic E-state index is -0.350. The number of nitrogens with one attached hydrogen (secondary N) is 1. The van der Waals surface area contributed by atoms with Crippen LogP contribution < -0.4 is 10.1 Å². The number of hydrogen-bond acceptors (Lipinski definition) is 3. The first kappa shape index (κ1) is 25.4. The number of hydrogen-bond donors (Lipinski definition) is 1. The standard InChI is InChI=1S/C30H34FN3O2/c1-22(2)23-13-17-26(18-14-23)36-21-6-5-20-34-28-9-4-3-8-27(28)33-29(34)10-7-19-32-30(35)24-11-15-25(31)16-12-24/h3-4,8-9,11-18,22H,5-7,10,19-21H2,1-2H3,(H,32,35). The molecule has 1 amide bonds. The Bertz CT molecular complexity index is 1260. The van der Waals surface area contributed by atoms with Crippen LogP contribution in [0, 0.1) is 5.82 Å². The van der Waals surface area contributed by atoms with E-state index in [4.69, 9.17) is 9.72 Å². The summed E-state index contributed by atoms with van der Waals surface area (Å²) in [6.07, 6.45) is 3.47. The lowest BCUT2D eigenvalue weighted by Crippen LogP contribution is -2.25. The summed E-state index contributed by atoms with van der Waals surface area (Å²) in [5.74, 6) is 1.91. The normalized spacial score (nSPS) is 11.2. The number of unbranched alkanes of at least 4 members (excludes halogenated alkanes) is 1. The van der Waals surface area contributed by atoms with Gasteiger partial charge in [-0.05, 0) is 79.3 Å². The Kier molecular flexibility index (Phi) is 8.71. The molecule has 6 heteroatoms. The van der Waals surface area contributed by atoms with E-state index in [0.717, 1.165) is 54.8 Å². The maximum absolute atomic E-state index is 13.1. The number of aromatic nitrogens is 2. The van der Waals surface area contributed by atoms with E-state index in [1.54, 1.807) is 0 Å². The third-order valence-electron chi connectivity index (χ3n) is 6.29. The fourth-order valence-electron chi connectivity index (χ4n) is 4.23. The van der Waals surface area contributed by atoms with Crippen molar-refractivity contribution in [2.24, 2.45) is 0 Å². The zero-order chi connectivity index (χ0) is 25.3. The minimum absolute atomic E-state index is 0.192. The second-order valence-electron chi connectivity index (χ2n) is 9.31. The van der Waals surface area contributed by atoms with Crippen molar-refractivity contribution in [2.75, 3.05) is 13.2 Å². The van der Waals surface area contributed by atoms with Gasteiger partial charge in [-0.15, -0.1) is 0 Å². The van der Waals surface area contributed by atoms with Crippen molar-refractivity contribution in [3.05, 3.63) is 95.6 Å². The van der Waals surface area contributed by atoms with Crippen molar-refractivity contribution in [2.45, 2.75) is 52.0 Å². The maximum atomic E-state index is 13.1. The van der Waals surface area contributed by atoms with Gasteiger partial charge in [0.05, 0.1) is 17.6 Å². The summed E-state index contributed by atoms with van der Waals surface area (Å²) in [5, 5.41) is 2.91. The van der Waals surface area contributed by atoms with Gasteiger partial charge in [-0.25, -0.2) is 9.37 Å². The number of nitrogens with zero attached hydrogens (tertiary/aromatic N) is 2. The van der Waals surface area contributed by atoms with Gasteiger partial charge in [-0.1, -0.05) is 38.1 Å². The quantitative estimate of drug-likeness (QED) is 0.232. The highest BCUT2D eigenvalue weighted by molar-refractivity contribution is 5.94. The van der Waals surface area contributed by atoms with E-state index in [2.05, 4.69) is 41.9 Å². The van der Waals surface area contributed by atoms with Crippen LogP contribution in [0.15, 0.2) is 72.8 Å². The molecule has 0 unspecified atom stereocenters. The third-order valence-corrected chi connectivity index (χ3v) is 6.29. The summed E-state index contributed by atoms with van der Waals surface area (Å²) in [6, 6.07) is 22.1. The predicted octanol–water partition coefficient (Wildman–Crippen LogP) is 6.52. The van der Waals surface area contributed by atoms with E-state index in [-0.39, 0.29) is 11.7 Å². The lowest BCUT2D eigenvalue weighted by molar-refractivity contribution is 0.0953. The smallest absolute Gasteiger partial charge is 0.251 e. The van der Waals surface area contributed by atoms with Crippen LogP contribution in [0.2, 0.25) is 0 Å². The van der Waals surface area contributed by atoms with E-state index in [9.17, 15) is 9.18 Å². The van der Waals surface area contributed by atoms with Crippen LogP contribution in [0.1, 0.15) is 60.8 Å². The van der Waals surface area contributed by atoms with E-state index in [0.29, 0.717) is 24.6 Å². The Labute approximate surface area is 212 Å². The van der Waals surface area contributed by atoms with Crippen LogP contribution in [-0.4, -0.2) is 28.6 Å². The molecule has 5 nitrogen and oxygen atoms in total. The molecule has 0 radical (unpaired) electrons. The molecular weight excluding hydrogens is 453 g/mol. The second-order valence-corrected chi connectivity index (χ2v) is 9.31. The molecule has 0 atom stereocenters. The SMILES string of the molecule is CC(C)c1ccc(OCCCCn2c(CCCNC(=O)c3ccc(F)cc3)nc3ccccc32)cc1. The zero-order valence-electron chi connectivity index (χ0n) is 21.0. The third kappa shape index (κ3) is 6.72. The van der Waals surface area contributed by atoms with Gasteiger partial charge in [0.1, 0.15) is 17.4 Å². The fourth-order valence-corrected chi connectivity index (χ4v) is 4.23. The van der Waals surface area contributed by atoms with Gasteiger partial charge in [0.25, 0.3) is 5.91 Å². The van der Waals surface area contributed by atoms with E-state index >= 15 is 0 Å². The number of carbonyl (C=O) groups excluding carboxylic acids is 1. The van der Waals surface area contributed by atoms with Crippen LogP contribution >= 0.6 is 0 Å². The van der Waals surface area contributed by atoms with Gasteiger partial charge in [-0.3, -0.25) is 4.79 Å². The molecule has 0 aliphatic carbocycles. The number of benzene rings is 3. The number of para-hydroxylation sites is 2. The lowest BCUT2D eigenvalue weighted by atomic mass is 10.0. The van der Waals surface area contributed by atoms with Crippen molar-refractivity contribution in [1.29, 1.82) is 0 Å². The number of imidazole rings is 1. The number of halogens is 1. The molecular formula is C30H34FN3O2. The average molecular weight is 488 g/mol. The molecule has 0 aliphatic rings. The van der Waals surface area contributed by atoms with E-state index < -0.39 is 0 Å². The first-order valence-corrected chi connectivity index (χ1v) is 12.7. The number of ether oxygens (including phenoxy) is 1. The first-order chi connectivity index (χ1) is 17.5. The van der Waals surface area contributed by atoms with Crippen LogP contribution in [0.4, 0.5) is 4.39 Å². The van der Waals surface area contributed by atoms with Crippen molar-refractivity contribution < 1.29 is 13.9 Å². The van der Waals surface area contributed by atoms with Gasteiger partial charge in [0.15, 0.2) is 0 Å². The Morgan fingerprint density at radius 3 is 2.47 bits per heavy atom. The Morgan fingerprint density at radius 1 is 0.972 bits per heavy atom. The zero-order valence-corrected chi connectivity index (χ0v) is 21.0. The molecule has 1 heterocycles. The van der Waals surface area contributed by atoms with E-state index in [1.807, 2.05) is 30.3 Å². The maximum Gasteiger partial charge on any atom is 0.251 e. The van der Waals surface area contributed by atoms with Gasteiger partial charge in [0, 0.05) is 25.1 Å². The monoisotopic (exact) mass is 487 g/mol. The predicted molar refractivity (Wildman–Crippen MR) is 142 cm³/mol. The first-order valence-electron chi connectivity index (χ1n) is 12.7. The fraction of sp³-hybridized carbons (Fsp3) is 0.333. The molecule has 0 saturated carbocycles. The molecule has 4 rings (SSSR count). The molecule has 3 aromatic carbocycles. The highest BCUT2D eigenvalue weighted by Gasteiger charge is 2.11. The Morgan fingerprint density at radius 2 is 1.72 bits per heavy atom. The summed E-state index contributed by atoms with van der Waals surface area (Å²) in [7, 11) is 0. The molecule has 1 N–H and O–H groups in total. The van der Waals surface area contributed by atoms with Crippen LogP contribution in [-0.2, 0) is 13.0 Å². The number of rotatable bonds is 12. The largest absolute Gasteiger partial charge is 0.494 e. The number of fused-ring (bicyclic) bond motifs is 1. The molecule has 0 saturated heterocycles. The van der Waals surface area contributed by atoms with Crippen molar-refractivity contribution in [1.82, 2.24) is 14.9 Å². The molecule has 1 aromatic heterocycles. The summed E-state index contributed by atoms with van der Waals surface area (Å²) in [4.78, 5) is 17.1. The summed E-state index contributed by atoms with van der Waals surface area (Å²) in [5.41, 5.74) is 3.90. The lowest BCUT2D eigenvalue weighted by Gasteiger charge is -2.11. The van der Waals surface area contributed by atoms with Crippen molar-refractivity contribution in [3.8, 4) is 5.75 Å². The molecule has 0 aliphatic heterocycles. The van der Waals surface area contributed by atoms with Crippen molar-refractivity contribution in [3.63, 3.8) is 0 Å². The number of carbonyl (C=O) groups is 1. The Balaban J connectivity index is 1.27. The van der Waals surface area contributed by atoms with Gasteiger partial charge in [0.2, 0.25) is 0 Å². The van der Waals surface area contributed by atoms with Gasteiger partial charge >= 0.3 is 0 Å². The Hall–Kier alpha value is -3.67. The van der Waals surface area contributed by atoms with Crippen LogP contribution in [0.3, 0.4) is 0 Å². The van der Waals surface area contributed by atoms with Gasteiger partial charge in [-0.2, -0.15) is 0 Å². The summed E-state index contributed by atoms with van der Waals surface area (Å²) in [6.45, 7) is 6.45. The second kappa shape index (κ2) is 12.3. The van der Waals surface area contributed by atoms with E-state index in [1.165, 1.54) is 29.8 Å². The minimum Gasteiger partial charge on any atom is -0.494 e. The number of amides is 1. The molecule has 0 spiro atoms. The van der Waals surface area contributed by atoms with Crippen LogP contribution in [0.5, 0.6) is 5.75 Å². The topological polar surface area (TPSA) is 56.1 Å².